The zero-order valence-corrected chi connectivity index (χ0v) is 10.9. The molecule has 1 rings (SSSR count). The van der Waals surface area contributed by atoms with E-state index in [2.05, 4.69) is 31.9 Å². The van der Waals surface area contributed by atoms with Crippen molar-refractivity contribution in [2.24, 2.45) is 0 Å². The van der Waals surface area contributed by atoms with E-state index >= 15 is 0 Å². The molecule has 1 unspecified atom stereocenters. The molecule has 0 amide bonds. The van der Waals surface area contributed by atoms with Crippen molar-refractivity contribution in [3.05, 3.63) is 20.8 Å². The smallest absolute Gasteiger partial charge is 0.171 e. The van der Waals surface area contributed by atoms with E-state index in [0.717, 1.165) is 8.66 Å². The summed E-state index contributed by atoms with van der Waals surface area (Å²) in [5.41, 5.74) is 0. The largest absolute Gasteiger partial charge is 0.389 e. The van der Waals surface area contributed by atoms with Gasteiger partial charge in [-0.05, 0) is 34.5 Å². The molecule has 0 saturated heterocycles. The highest BCUT2D eigenvalue weighted by molar-refractivity contribution is 9.11. The van der Waals surface area contributed by atoms with Gasteiger partial charge in [0.1, 0.15) is 0 Å². The van der Waals surface area contributed by atoms with Crippen LogP contribution in [-0.4, -0.2) is 6.18 Å². The van der Waals surface area contributed by atoms with Gasteiger partial charge < -0.3 is 0 Å². The van der Waals surface area contributed by atoms with Crippen LogP contribution in [0.25, 0.3) is 0 Å². The molecule has 80 valence electrons. The van der Waals surface area contributed by atoms with Gasteiger partial charge in [0.2, 0.25) is 0 Å². The number of rotatable bonds is 3. The minimum atomic E-state index is -4.07. The molecular formula is C8H7Br2F3S. The van der Waals surface area contributed by atoms with E-state index in [-0.39, 0.29) is 11.2 Å². The highest BCUT2D eigenvalue weighted by Gasteiger charge is 2.28. The number of halogens is 5. The summed E-state index contributed by atoms with van der Waals surface area (Å²) in [6.07, 6.45) is -4.74. The Balaban J connectivity index is 2.47. The fourth-order valence-electron chi connectivity index (χ4n) is 0.929. The quantitative estimate of drug-likeness (QED) is 0.649. The molecule has 1 atom stereocenters. The van der Waals surface area contributed by atoms with E-state index in [4.69, 9.17) is 0 Å². The Kier molecular flexibility index (Phi) is 4.46. The predicted molar refractivity (Wildman–Crippen MR) is 59.0 cm³/mol. The second-order valence-corrected chi connectivity index (χ2v) is 6.36. The van der Waals surface area contributed by atoms with Gasteiger partial charge >= 0.3 is 6.18 Å². The van der Waals surface area contributed by atoms with Crippen molar-refractivity contribution >= 4 is 43.2 Å². The predicted octanol–water partition coefficient (Wildman–Crippen LogP) is 5.29. The molecule has 0 spiro atoms. The van der Waals surface area contributed by atoms with Gasteiger partial charge in [-0.2, -0.15) is 13.2 Å². The van der Waals surface area contributed by atoms with Crippen molar-refractivity contribution in [3.63, 3.8) is 0 Å². The van der Waals surface area contributed by atoms with Crippen molar-refractivity contribution in [3.8, 4) is 0 Å². The van der Waals surface area contributed by atoms with Gasteiger partial charge in [-0.15, -0.1) is 11.3 Å². The molecule has 1 aromatic rings. The zero-order chi connectivity index (χ0) is 10.8. The Morgan fingerprint density at radius 2 is 2.00 bits per heavy atom. The summed E-state index contributed by atoms with van der Waals surface area (Å²) in [6.45, 7) is 0. The Hall–Kier alpha value is 0.450. The van der Waals surface area contributed by atoms with E-state index < -0.39 is 12.6 Å². The molecule has 1 heterocycles. The van der Waals surface area contributed by atoms with Crippen LogP contribution in [0.3, 0.4) is 0 Å². The van der Waals surface area contributed by atoms with Gasteiger partial charge in [0.25, 0.3) is 0 Å². The Bertz CT molecular complexity index is 295. The van der Waals surface area contributed by atoms with Crippen LogP contribution in [0.4, 0.5) is 13.2 Å². The molecule has 0 bridgehead atoms. The van der Waals surface area contributed by atoms with Crippen molar-refractivity contribution in [2.75, 3.05) is 0 Å². The first kappa shape index (κ1) is 12.5. The SMILES string of the molecule is FC(F)(F)CCC(Br)c1ccc(Br)s1. The van der Waals surface area contributed by atoms with Crippen LogP contribution >= 0.6 is 43.2 Å². The molecule has 0 saturated carbocycles. The monoisotopic (exact) mass is 350 g/mol. The zero-order valence-electron chi connectivity index (χ0n) is 6.94. The third-order valence-electron chi connectivity index (χ3n) is 1.58. The molecule has 0 aliphatic carbocycles. The van der Waals surface area contributed by atoms with Crippen LogP contribution in [0.15, 0.2) is 15.9 Å². The topological polar surface area (TPSA) is 0 Å². The maximum Gasteiger partial charge on any atom is 0.389 e. The van der Waals surface area contributed by atoms with Gasteiger partial charge in [0.05, 0.1) is 3.79 Å². The fraction of sp³-hybridized carbons (Fsp3) is 0.500. The summed E-state index contributed by atoms with van der Waals surface area (Å²) in [5, 5.41) is 0. The first-order chi connectivity index (χ1) is 6.38. The maximum atomic E-state index is 11.9. The molecule has 0 N–H and O–H groups in total. The number of hydrogen-bond donors (Lipinski definition) is 0. The van der Waals surface area contributed by atoms with E-state index in [0.29, 0.717) is 0 Å². The standard InChI is InChI=1S/C8H7Br2F3S/c9-5(3-4-8(11,12)13)6-1-2-7(10)14-6/h1-2,5H,3-4H2. The van der Waals surface area contributed by atoms with Crippen molar-refractivity contribution < 1.29 is 13.2 Å². The maximum absolute atomic E-state index is 11.9. The highest BCUT2D eigenvalue weighted by atomic mass is 79.9. The second-order valence-electron chi connectivity index (χ2n) is 2.76. The fourth-order valence-corrected chi connectivity index (χ4v) is 3.03. The van der Waals surface area contributed by atoms with Crippen LogP contribution in [0.1, 0.15) is 22.5 Å². The first-order valence-electron chi connectivity index (χ1n) is 3.84. The average molecular weight is 352 g/mol. The summed E-state index contributed by atoms with van der Waals surface area (Å²) < 4.78 is 36.7. The third kappa shape index (κ3) is 4.31. The summed E-state index contributed by atoms with van der Waals surface area (Å²) in [4.78, 5) is 0.710. The lowest BCUT2D eigenvalue weighted by molar-refractivity contribution is -0.135. The minimum absolute atomic E-state index is 0.0798. The van der Waals surface area contributed by atoms with Gasteiger partial charge in [-0.25, -0.2) is 0 Å². The van der Waals surface area contributed by atoms with E-state index in [9.17, 15) is 13.2 Å². The normalized spacial score (nSPS) is 14.4. The molecule has 0 nitrogen and oxygen atoms in total. The minimum Gasteiger partial charge on any atom is -0.171 e. The molecular weight excluding hydrogens is 345 g/mol. The van der Waals surface area contributed by atoms with Crippen LogP contribution in [0, 0.1) is 0 Å². The highest BCUT2D eigenvalue weighted by Crippen LogP contribution is 2.37. The lowest BCUT2D eigenvalue weighted by Crippen LogP contribution is -2.07. The van der Waals surface area contributed by atoms with Crippen LogP contribution in [0.2, 0.25) is 0 Å². The Morgan fingerprint density at radius 1 is 1.36 bits per heavy atom. The molecule has 1 aromatic heterocycles. The Labute approximate surface area is 101 Å². The van der Waals surface area contributed by atoms with Gasteiger partial charge in [-0.3, -0.25) is 0 Å². The second kappa shape index (κ2) is 4.99. The molecule has 0 radical (unpaired) electrons. The summed E-state index contributed by atoms with van der Waals surface area (Å²) in [5.74, 6) is 0. The molecule has 6 heteroatoms. The van der Waals surface area contributed by atoms with Crippen LogP contribution < -0.4 is 0 Å². The Morgan fingerprint density at radius 3 is 2.43 bits per heavy atom. The van der Waals surface area contributed by atoms with Gasteiger partial charge in [0, 0.05) is 16.1 Å². The summed E-state index contributed by atoms with van der Waals surface area (Å²) >= 11 is 7.96. The lowest BCUT2D eigenvalue weighted by atomic mass is 10.2. The van der Waals surface area contributed by atoms with E-state index in [1.54, 1.807) is 0 Å². The number of thiophene rings is 1. The van der Waals surface area contributed by atoms with Crippen LogP contribution in [0.5, 0.6) is 0 Å². The number of hydrogen-bond acceptors (Lipinski definition) is 1. The average Bonchev–Trinajstić information content (AvgIpc) is 2.46. The summed E-state index contributed by atoms with van der Waals surface area (Å²) in [6, 6.07) is 3.66. The van der Waals surface area contributed by atoms with E-state index in [1.807, 2.05) is 12.1 Å². The molecule has 0 aromatic carbocycles. The molecule has 14 heavy (non-hydrogen) atoms. The molecule has 0 aliphatic heterocycles. The number of alkyl halides is 4. The van der Waals surface area contributed by atoms with Crippen molar-refractivity contribution in [1.82, 2.24) is 0 Å². The van der Waals surface area contributed by atoms with E-state index in [1.165, 1.54) is 11.3 Å². The van der Waals surface area contributed by atoms with Crippen molar-refractivity contribution in [2.45, 2.75) is 23.8 Å². The lowest BCUT2D eigenvalue weighted by Gasteiger charge is -2.09. The van der Waals surface area contributed by atoms with Crippen molar-refractivity contribution in [1.29, 1.82) is 0 Å². The van der Waals surface area contributed by atoms with Gasteiger partial charge in [0.15, 0.2) is 0 Å². The summed E-state index contributed by atoms with van der Waals surface area (Å²) in [7, 11) is 0. The molecule has 0 fully saturated rings. The first-order valence-corrected chi connectivity index (χ1v) is 6.37. The molecule has 0 aliphatic rings. The third-order valence-corrected chi connectivity index (χ3v) is 4.58. The van der Waals surface area contributed by atoms with Crippen LogP contribution in [-0.2, 0) is 0 Å². The van der Waals surface area contributed by atoms with Gasteiger partial charge in [-0.1, -0.05) is 15.9 Å².